The highest BCUT2D eigenvalue weighted by Crippen LogP contribution is 2.28. The molecule has 0 saturated carbocycles. The van der Waals surface area contributed by atoms with E-state index in [2.05, 4.69) is 5.32 Å². The number of nitrogens with zero attached hydrogens (tertiary/aromatic N) is 2. The lowest BCUT2D eigenvalue weighted by Gasteiger charge is -2.25. The van der Waals surface area contributed by atoms with Gasteiger partial charge in [-0.3, -0.25) is 9.59 Å². The molecule has 1 aliphatic heterocycles. The molecule has 0 radical (unpaired) electrons. The predicted octanol–water partition coefficient (Wildman–Crippen LogP) is 2.17. The molecule has 2 unspecified atom stereocenters. The summed E-state index contributed by atoms with van der Waals surface area (Å²) in [4.78, 5) is 26.6. The third-order valence-electron chi connectivity index (χ3n) is 5.06. The molecule has 1 N–H and O–H groups in total. The van der Waals surface area contributed by atoms with Gasteiger partial charge in [0.1, 0.15) is 5.82 Å². The number of amides is 2. The number of carbonyl (C=O) groups is 2. The molecule has 9 heteroatoms. The molecule has 7 nitrogen and oxygen atoms in total. The average Bonchev–Trinajstić information content (AvgIpc) is 2.89. The molecule has 0 bridgehead atoms. The second-order valence-corrected chi connectivity index (χ2v) is 9.43. The standard InChI is InChI=1S/C21H24FN3O4S/c1-14-13-30(28,29)25(21(14)27)18-10-6-16(7-11-18)20(26)23-12-19(24(2)3)15-4-8-17(22)9-5-15/h4-11,14,19H,12-13H2,1-3H3,(H,23,26). The molecule has 1 saturated heterocycles. The quantitative estimate of drug-likeness (QED) is 0.755. The summed E-state index contributed by atoms with van der Waals surface area (Å²) in [7, 11) is 0.0438. The largest absolute Gasteiger partial charge is 0.350 e. The van der Waals surface area contributed by atoms with E-state index in [4.69, 9.17) is 0 Å². The topological polar surface area (TPSA) is 86.8 Å². The van der Waals surface area contributed by atoms with Crippen molar-refractivity contribution in [3.05, 3.63) is 65.5 Å². The van der Waals surface area contributed by atoms with E-state index in [9.17, 15) is 22.4 Å². The zero-order chi connectivity index (χ0) is 22.1. The van der Waals surface area contributed by atoms with Crippen molar-refractivity contribution in [3.8, 4) is 0 Å². The van der Waals surface area contributed by atoms with Crippen LogP contribution in [0.2, 0.25) is 0 Å². The minimum absolute atomic E-state index is 0.150. The molecular formula is C21H24FN3O4S. The summed E-state index contributed by atoms with van der Waals surface area (Å²) in [6.45, 7) is 1.87. The number of anilines is 1. The second kappa shape index (κ2) is 8.53. The van der Waals surface area contributed by atoms with Crippen molar-refractivity contribution in [3.63, 3.8) is 0 Å². The Hall–Kier alpha value is -2.78. The van der Waals surface area contributed by atoms with Crippen LogP contribution < -0.4 is 9.62 Å². The fourth-order valence-electron chi connectivity index (χ4n) is 3.41. The Morgan fingerprint density at radius 3 is 2.27 bits per heavy atom. The van der Waals surface area contributed by atoms with Crippen molar-refractivity contribution < 1.29 is 22.4 Å². The first kappa shape index (κ1) is 21.9. The van der Waals surface area contributed by atoms with Crippen molar-refractivity contribution in [2.45, 2.75) is 13.0 Å². The van der Waals surface area contributed by atoms with Gasteiger partial charge in [-0.1, -0.05) is 19.1 Å². The summed E-state index contributed by atoms with van der Waals surface area (Å²) in [5, 5.41) is 2.84. The highest BCUT2D eigenvalue weighted by atomic mass is 32.2. The van der Waals surface area contributed by atoms with E-state index < -0.39 is 21.8 Å². The number of benzene rings is 2. The van der Waals surface area contributed by atoms with E-state index in [-0.39, 0.29) is 29.2 Å². The molecule has 2 aromatic rings. The normalized spacial score (nSPS) is 19.2. The number of rotatable bonds is 6. The molecule has 0 spiro atoms. The molecule has 160 valence electrons. The number of sulfonamides is 1. The maximum atomic E-state index is 13.2. The highest BCUT2D eigenvalue weighted by Gasteiger charge is 2.41. The van der Waals surface area contributed by atoms with Crippen molar-refractivity contribution >= 4 is 27.5 Å². The fraction of sp³-hybridized carbons (Fsp3) is 0.333. The van der Waals surface area contributed by atoms with Crippen molar-refractivity contribution in [2.75, 3.05) is 30.7 Å². The molecule has 30 heavy (non-hydrogen) atoms. The minimum atomic E-state index is -3.69. The van der Waals surface area contributed by atoms with E-state index in [1.54, 1.807) is 19.1 Å². The number of nitrogens with one attached hydrogen (secondary N) is 1. The van der Waals surface area contributed by atoms with Gasteiger partial charge < -0.3 is 10.2 Å². The number of carbonyl (C=O) groups excluding carboxylic acids is 2. The smallest absolute Gasteiger partial charge is 0.251 e. The van der Waals surface area contributed by atoms with Crippen LogP contribution >= 0.6 is 0 Å². The Bertz CT molecular complexity index is 1040. The molecule has 2 aromatic carbocycles. The lowest BCUT2D eigenvalue weighted by Crippen LogP contribution is -2.34. The molecule has 1 fully saturated rings. The summed E-state index contributed by atoms with van der Waals surface area (Å²) < 4.78 is 38.4. The Labute approximate surface area is 175 Å². The Balaban J connectivity index is 1.70. The summed E-state index contributed by atoms with van der Waals surface area (Å²) in [5.41, 5.74) is 1.43. The molecule has 3 rings (SSSR count). The third-order valence-corrected chi connectivity index (χ3v) is 6.93. The van der Waals surface area contributed by atoms with E-state index in [0.717, 1.165) is 9.87 Å². The maximum absolute atomic E-state index is 13.2. The molecule has 2 atom stereocenters. The SMILES string of the molecule is CC1CS(=O)(=O)N(c2ccc(C(=O)NCC(c3ccc(F)cc3)N(C)C)cc2)C1=O. The molecule has 1 aliphatic rings. The van der Waals surface area contributed by atoms with Gasteiger partial charge in [0.05, 0.1) is 23.4 Å². The second-order valence-electron chi connectivity index (χ2n) is 7.57. The molecule has 0 aromatic heterocycles. The Morgan fingerprint density at radius 2 is 1.77 bits per heavy atom. The van der Waals surface area contributed by atoms with Crippen LogP contribution in [0.3, 0.4) is 0 Å². The first-order valence-electron chi connectivity index (χ1n) is 9.47. The lowest BCUT2D eigenvalue weighted by molar-refractivity contribution is -0.119. The van der Waals surface area contributed by atoms with Crippen molar-refractivity contribution in [1.82, 2.24) is 10.2 Å². The zero-order valence-electron chi connectivity index (χ0n) is 17.0. The lowest BCUT2D eigenvalue weighted by atomic mass is 10.1. The van der Waals surface area contributed by atoms with Crippen molar-refractivity contribution in [2.24, 2.45) is 5.92 Å². The van der Waals surface area contributed by atoms with Crippen LogP contribution in [0.15, 0.2) is 48.5 Å². The number of likely N-dealkylation sites (N-methyl/N-ethyl adjacent to an activating group) is 1. The van der Waals surface area contributed by atoms with Crippen LogP contribution in [0.1, 0.15) is 28.9 Å². The Kier molecular flexibility index (Phi) is 6.23. The van der Waals surface area contributed by atoms with Gasteiger partial charge in [-0.15, -0.1) is 0 Å². The summed E-state index contributed by atoms with van der Waals surface area (Å²) in [6, 6.07) is 11.8. The first-order chi connectivity index (χ1) is 14.1. The van der Waals surface area contributed by atoms with Gasteiger partial charge in [-0.25, -0.2) is 17.1 Å². The number of halogens is 1. The van der Waals surface area contributed by atoms with Gasteiger partial charge in [-0.05, 0) is 56.1 Å². The van der Waals surface area contributed by atoms with Gasteiger partial charge in [0.2, 0.25) is 15.9 Å². The first-order valence-corrected chi connectivity index (χ1v) is 11.1. The van der Waals surface area contributed by atoms with Gasteiger partial charge in [-0.2, -0.15) is 0 Å². The average molecular weight is 434 g/mol. The van der Waals surface area contributed by atoms with E-state index in [1.165, 1.54) is 36.4 Å². The van der Waals surface area contributed by atoms with Crippen LogP contribution in [-0.2, 0) is 14.8 Å². The van der Waals surface area contributed by atoms with Crippen molar-refractivity contribution in [1.29, 1.82) is 0 Å². The summed E-state index contributed by atoms with van der Waals surface area (Å²) in [6.07, 6.45) is 0. The van der Waals surface area contributed by atoms with Gasteiger partial charge in [0, 0.05) is 12.1 Å². The number of hydrogen-bond acceptors (Lipinski definition) is 5. The Morgan fingerprint density at radius 1 is 1.17 bits per heavy atom. The summed E-state index contributed by atoms with van der Waals surface area (Å²) in [5.74, 6) is -1.94. The zero-order valence-corrected chi connectivity index (χ0v) is 17.8. The maximum Gasteiger partial charge on any atom is 0.251 e. The van der Waals surface area contributed by atoms with Crippen LogP contribution in [0.25, 0.3) is 0 Å². The van der Waals surface area contributed by atoms with Crippen LogP contribution in [0.4, 0.5) is 10.1 Å². The third kappa shape index (κ3) is 4.52. The monoisotopic (exact) mass is 433 g/mol. The summed E-state index contributed by atoms with van der Waals surface area (Å²) >= 11 is 0. The van der Waals surface area contributed by atoms with Crippen LogP contribution in [0.5, 0.6) is 0 Å². The molecule has 2 amide bonds. The van der Waals surface area contributed by atoms with Gasteiger partial charge >= 0.3 is 0 Å². The van der Waals surface area contributed by atoms with Gasteiger partial charge in [0.15, 0.2) is 0 Å². The molecule has 0 aliphatic carbocycles. The van der Waals surface area contributed by atoms with Crippen LogP contribution in [-0.4, -0.2) is 51.5 Å². The molecular weight excluding hydrogens is 409 g/mol. The predicted molar refractivity (Wildman–Crippen MR) is 112 cm³/mol. The highest BCUT2D eigenvalue weighted by molar-refractivity contribution is 7.94. The van der Waals surface area contributed by atoms with E-state index in [1.807, 2.05) is 19.0 Å². The molecule has 1 heterocycles. The van der Waals surface area contributed by atoms with Crippen LogP contribution in [0, 0.1) is 11.7 Å². The number of hydrogen-bond donors (Lipinski definition) is 1. The fourth-order valence-corrected chi connectivity index (χ4v) is 5.23. The minimum Gasteiger partial charge on any atom is -0.350 e. The van der Waals surface area contributed by atoms with E-state index >= 15 is 0 Å². The van der Waals surface area contributed by atoms with E-state index in [0.29, 0.717) is 12.1 Å². The van der Waals surface area contributed by atoms with Gasteiger partial charge in [0.25, 0.3) is 5.91 Å².